The van der Waals surface area contributed by atoms with Gasteiger partial charge in [-0.1, -0.05) is 18.2 Å². The summed E-state index contributed by atoms with van der Waals surface area (Å²) in [7, 11) is 1.96. The minimum atomic E-state index is -0.980. The van der Waals surface area contributed by atoms with Gasteiger partial charge in [0.2, 0.25) is 0 Å². The zero-order valence-electron chi connectivity index (χ0n) is 9.46. The first kappa shape index (κ1) is 11.3. The Morgan fingerprint density at radius 3 is 2.94 bits per heavy atom. The highest BCUT2D eigenvalue weighted by molar-refractivity contribution is 5.83. The Bertz CT molecular complexity index is 569. The van der Waals surface area contributed by atoms with Gasteiger partial charge in [0.15, 0.2) is 6.61 Å². The fourth-order valence-electron chi connectivity index (χ4n) is 1.71. The van der Waals surface area contributed by atoms with Crippen LogP contribution in [0.3, 0.4) is 0 Å². The predicted molar refractivity (Wildman–Crippen MR) is 65.5 cm³/mol. The monoisotopic (exact) mass is 231 g/mol. The number of ether oxygens (including phenoxy) is 1. The third kappa shape index (κ3) is 2.47. The largest absolute Gasteiger partial charge is 0.489 e. The molecule has 0 saturated heterocycles. The lowest BCUT2D eigenvalue weighted by Gasteiger charge is -1.99. The third-order valence-electron chi connectivity index (χ3n) is 2.53. The number of aromatic nitrogens is 1. The number of rotatable bonds is 4. The molecule has 1 aromatic heterocycles. The number of carboxylic acid groups (broad SMARTS) is 1. The van der Waals surface area contributed by atoms with Crippen molar-refractivity contribution >= 4 is 22.9 Å². The summed E-state index contributed by atoms with van der Waals surface area (Å²) in [5.41, 5.74) is 2.10. The molecule has 0 aliphatic rings. The topological polar surface area (TPSA) is 51.5 Å². The van der Waals surface area contributed by atoms with Gasteiger partial charge in [-0.25, -0.2) is 4.79 Å². The van der Waals surface area contributed by atoms with Crippen molar-refractivity contribution in [2.75, 3.05) is 6.61 Å². The molecule has 0 aliphatic heterocycles. The summed E-state index contributed by atoms with van der Waals surface area (Å²) in [6.07, 6.45) is 3.16. The van der Waals surface area contributed by atoms with E-state index in [1.807, 2.05) is 41.9 Å². The van der Waals surface area contributed by atoms with Crippen molar-refractivity contribution in [3.05, 3.63) is 42.3 Å². The number of carboxylic acids is 1. The summed E-state index contributed by atoms with van der Waals surface area (Å²) in [5.74, 6) is -0.980. The molecule has 2 rings (SSSR count). The van der Waals surface area contributed by atoms with E-state index in [1.165, 1.54) is 6.26 Å². The first-order valence-electron chi connectivity index (χ1n) is 5.23. The van der Waals surface area contributed by atoms with Gasteiger partial charge in [0.05, 0.1) is 6.26 Å². The molecule has 0 spiro atoms. The van der Waals surface area contributed by atoms with Gasteiger partial charge in [0.1, 0.15) is 0 Å². The standard InChI is InChI=1S/C13H13NO3/c1-14-11(6-7-17-9-13(15)16)8-10-4-2-3-5-12(10)14/h2-8H,9H2,1H3,(H,15,16). The summed E-state index contributed by atoms with van der Waals surface area (Å²) in [6.45, 7) is -0.319. The predicted octanol–water partition coefficient (Wildman–Crippen LogP) is 2.25. The highest BCUT2D eigenvalue weighted by Crippen LogP contribution is 2.18. The van der Waals surface area contributed by atoms with Crippen LogP contribution in [0, 0.1) is 0 Å². The summed E-state index contributed by atoms with van der Waals surface area (Å²) >= 11 is 0. The molecule has 1 aromatic carbocycles. The molecule has 17 heavy (non-hydrogen) atoms. The van der Waals surface area contributed by atoms with E-state index >= 15 is 0 Å². The van der Waals surface area contributed by atoms with E-state index in [9.17, 15) is 4.79 Å². The third-order valence-corrected chi connectivity index (χ3v) is 2.53. The molecule has 0 amide bonds. The molecule has 0 atom stereocenters. The van der Waals surface area contributed by atoms with E-state index in [-0.39, 0.29) is 6.61 Å². The highest BCUT2D eigenvalue weighted by Gasteiger charge is 2.01. The quantitative estimate of drug-likeness (QED) is 0.821. The summed E-state index contributed by atoms with van der Waals surface area (Å²) in [5, 5.41) is 9.56. The number of hydrogen-bond donors (Lipinski definition) is 1. The van der Waals surface area contributed by atoms with Gasteiger partial charge >= 0.3 is 5.97 Å². The van der Waals surface area contributed by atoms with E-state index in [1.54, 1.807) is 6.08 Å². The van der Waals surface area contributed by atoms with Crippen LogP contribution in [-0.2, 0) is 16.6 Å². The van der Waals surface area contributed by atoms with Gasteiger partial charge in [-0.15, -0.1) is 0 Å². The number of benzene rings is 1. The maximum Gasteiger partial charge on any atom is 0.341 e. The van der Waals surface area contributed by atoms with Crippen LogP contribution in [0.4, 0.5) is 0 Å². The Morgan fingerprint density at radius 2 is 2.24 bits per heavy atom. The number of nitrogens with zero attached hydrogens (tertiary/aromatic N) is 1. The molecular formula is C13H13NO3. The van der Waals surface area contributed by atoms with Crippen LogP contribution >= 0.6 is 0 Å². The minimum absolute atomic E-state index is 0.319. The molecule has 0 saturated carbocycles. The molecule has 4 nitrogen and oxygen atoms in total. The summed E-state index contributed by atoms with van der Waals surface area (Å²) in [6, 6.07) is 10.1. The second-order valence-corrected chi connectivity index (χ2v) is 3.69. The van der Waals surface area contributed by atoms with Crippen LogP contribution in [0.5, 0.6) is 0 Å². The molecule has 4 heteroatoms. The van der Waals surface area contributed by atoms with Crippen molar-refractivity contribution in [1.82, 2.24) is 4.57 Å². The molecule has 0 unspecified atom stereocenters. The minimum Gasteiger partial charge on any atom is -0.489 e. The van der Waals surface area contributed by atoms with Gasteiger partial charge in [-0.2, -0.15) is 0 Å². The maximum atomic E-state index is 10.3. The fraction of sp³-hybridized carbons (Fsp3) is 0.154. The van der Waals surface area contributed by atoms with Crippen molar-refractivity contribution in [2.24, 2.45) is 7.05 Å². The number of aliphatic carboxylic acids is 1. The molecule has 0 radical (unpaired) electrons. The van der Waals surface area contributed by atoms with Gasteiger partial charge in [0, 0.05) is 23.6 Å². The normalized spacial score (nSPS) is 11.1. The average molecular weight is 231 g/mol. The molecule has 1 heterocycles. The SMILES string of the molecule is Cn1c(C=COCC(=O)O)cc2ccccc21. The van der Waals surface area contributed by atoms with Crippen molar-refractivity contribution in [3.8, 4) is 0 Å². The number of aryl methyl sites for hydroxylation is 1. The number of hydrogen-bond acceptors (Lipinski definition) is 2. The second kappa shape index (κ2) is 4.74. The average Bonchev–Trinajstić information content (AvgIpc) is 2.63. The number of para-hydroxylation sites is 1. The Morgan fingerprint density at radius 1 is 1.47 bits per heavy atom. The first-order chi connectivity index (χ1) is 8.18. The smallest absolute Gasteiger partial charge is 0.341 e. The lowest BCUT2D eigenvalue weighted by atomic mass is 10.2. The lowest BCUT2D eigenvalue weighted by molar-refractivity contribution is -0.140. The van der Waals surface area contributed by atoms with Crippen LogP contribution in [-0.4, -0.2) is 22.2 Å². The first-order valence-corrected chi connectivity index (χ1v) is 5.23. The zero-order valence-corrected chi connectivity index (χ0v) is 9.46. The Kier molecular flexibility index (Phi) is 3.14. The molecule has 2 aromatic rings. The number of fused-ring (bicyclic) bond motifs is 1. The van der Waals surface area contributed by atoms with Crippen molar-refractivity contribution in [1.29, 1.82) is 0 Å². The van der Waals surface area contributed by atoms with Crippen LogP contribution < -0.4 is 0 Å². The Balaban J connectivity index is 2.19. The summed E-state index contributed by atoms with van der Waals surface area (Å²) < 4.78 is 6.88. The fourth-order valence-corrected chi connectivity index (χ4v) is 1.71. The zero-order chi connectivity index (χ0) is 12.3. The van der Waals surface area contributed by atoms with E-state index in [0.717, 1.165) is 16.6 Å². The van der Waals surface area contributed by atoms with E-state index in [2.05, 4.69) is 0 Å². The summed E-state index contributed by atoms with van der Waals surface area (Å²) in [4.78, 5) is 10.3. The molecule has 0 aliphatic carbocycles. The van der Waals surface area contributed by atoms with Crippen LogP contribution in [0.2, 0.25) is 0 Å². The van der Waals surface area contributed by atoms with Crippen molar-refractivity contribution < 1.29 is 14.6 Å². The van der Waals surface area contributed by atoms with Gasteiger partial charge in [-0.3, -0.25) is 0 Å². The number of carbonyl (C=O) groups is 1. The van der Waals surface area contributed by atoms with Gasteiger partial charge < -0.3 is 14.4 Å². The second-order valence-electron chi connectivity index (χ2n) is 3.69. The molecule has 0 fully saturated rings. The van der Waals surface area contributed by atoms with E-state index in [4.69, 9.17) is 9.84 Å². The van der Waals surface area contributed by atoms with E-state index < -0.39 is 5.97 Å². The van der Waals surface area contributed by atoms with Crippen LogP contribution in [0.15, 0.2) is 36.6 Å². The highest BCUT2D eigenvalue weighted by atomic mass is 16.5. The lowest BCUT2D eigenvalue weighted by Crippen LogP contribution is -2.02. The molecule has 1 N–H and O–H groups in total. The van der Waals surface area contributed by atoms with Crippen LogP contribution in [0.25, 0.3) is 17.0 Å². The Hall–Kier alpha value is -2.23. The van der Waals surface area contributed by atoms with Gasteiger partial charge in [0.25, 0.3) is 0 Å². The molecular weight excluding hydrogens is 218 g/mol. The van der Waals surface area contributed by atoms with Gasteiger partial charge in [-0.05, 0) is 18.2 Å². The Labute approximate surface area is 98.7 Å². The van der Waals surface area contributed by atoms with Crippen molar-refractivity contribution in [2.45, 2.75) is 0 Å². The van der Waals surface area contributed by atoms with E-state index in [0.29, 0.717) is 0 Å². The van der Waals surface area contributed by atoms with Crippen LogP contribution in [0.1, 0.15) is 5.69 Å². The maximum absolute atomic E-state index is 10.3. The van der Waals surface area contributed by atoms with Crippen molar-refractivity contribution in [3.63, 3.8) is 0 Å². The molecule has 0 bridgehead atoms. The molecule has 88 valence electrons.